The summed E-state index contributed by atoms with van der Waals surface area (Å²) in [5, 5.41) is 3.54. The van der Waals surface area contributed by atoms with Gasteiger partial charge >= 0.3 is 0 Å². The van der Waals surface area contributed by atoms with Gasteiger partial charge in [-0.25, -0.2) is 0 Å². The molecule has 0 fully saturated rings. The van der Waals surface area contributed by atoms with Gasteiger partial charge in [-0.15, -0.1) is 23.7 Å². The topological polar surface area (TPSA) is 12.0 Å². The summed E-state index contributed by atoms with van der Waals surface area (Å²) in [7, 11) is 0. The third-order valence-corrected chi connectivity index (χ3v) is 4.07. The Hall–Kier alpha value is -0.780. The van der Waals surface area contributed by atoms with Crippen LogP contribution in [0.5, 0.6) is 0 Å². The van der Waals surface area contributed by atoms with Crippen molar-refractivity contribution in [2.45, 2.75) is 45.6 Å². The smallest absolute Gasteiger partial charge is 0.0386 e. The Labute approximate surface area is 103 Å². The predicted molar refractivity (Wildman–Crippen MR) is 72.8 cm³/mol. The van der Waals surface area contributed by atoms with E-state index in [-0.39, 0.29) is 0 Å². The average Bonchev–Trinajstić information content (AvgIpc) is 2.77. The van der Waals surface area contributed by atoms with Gasteiger partial charge in [0.1, 0.15) is 0 Å². The lowest BCUT2D eigenvalue weighted by molar-refractivity contribution is 0.555. The molecule has 1 aromatic rings. The number of nitrogens with one attached hydrogen (secondary N) is 1. The van der Waals surface area contributed by atoms with Crippen LogP contribution >= 0.6 is 11.3 Å². The SMILES string of the molecule is C#CCCCCNC(C)c1ccc(CC)s1. The summed E-state index contributed by atoms with van der Waals surface area (Å²) >= 11 is 1.91. The molecule has 1 heterocycles. The van der Waals surface area contributed by atoms with Gasteiger partial charge in [0.25, 0.3) is 0 Å². The zero-order valence-electron chi connectivity index (χ0n) is 10.3. The molecule has 1 rings (SSSR count). The molecule has 1 N–H and O–H groups in total. The van der Waals surface area contributed by atoms with Crippen molar-refractivity contribution in [3.63, 3.8) is 0 Å². The molecule has 0 saturated heterocycles. The first kappa shape index (κ1) is 13.3. The van der Waals surface area contributed by atoms with E-state index in [9.17, 15) is 0 Å². The standard InChI is InChI=1S/C14H21NS/c1-4-6-7-8-11-15-12(3)14-10-9-13(5-2)16-14/h1,9-10,12,15H,5-8,11H2,2-3H3. The van der Waals surface area contributed by atoms with Crippen molar-refractivity contribution in [1.29, 1.82) is 0 Å². The third-order valence-electron chi connectivity index (χ3n) is 2.66. The van der Waals surface area contributed by atoms with Crippen molar-refractivity contribution in [3.05, 3.63) is 21.9 Å². The zero-order valence-corrected chi connectivity index (χ0v) is 11.1. The first-order valence-electron chi connectivity index (χ1n) is 6.03. The fourth-order valence-electron chi connectivity index (χ4n) is 1.59. The number of hydrogen-bond donors (Lipinski definition) is 1. The van der Waals surface area contributed by atoms with Gasteiger partial charge in [0, 0.05) is 22.2 Å². The highest BCUT2D eigenvalue weighted by atomic mass is 32.1. The summed E-state index contributed by atoms with van der Waals surface area (Å²) in [4.78, 5) is 2.91. The Morgan fingerprint density at radius 3 is 2.88 bits per heavy atom. The summed E-state index contributed by atoms with van der Waals surface area (Å²) in [6.45, 7) is 5.49. The molecule has 1 aromatic heterocycles. The number of unbranched alkanes of at least 4 members (excludes halogenated alkanes) is 2. The van der Waals surface area contributed by atoms with Crippen LogP contribution in [0.3, 0.4) is 0 Å². The molecule has 0 amide bonds. The van der Waals surface area contributed by atoms with E-state index in [4.69, 9.17) is 6.42 Å². The van der Waals surface area contributed by atoms with Crippen LogP contribution in [0.4, 0.5) is 0 Å². The molecular weight excluding hydrogens is 214 g/mol. The summed E-state index contributed by atoms with van der Waals surface area (Å²) in [5.74, 6) is 2.67. The molecule has 0 bridgehead atoms. The highest BCUT2D eigenvalue weighted by molar-refractivity contribution is 7.12. The molecule has 16 heavy (non-hydrogen) atoms. The van der Waals surface area contributed by atoms with Crippen LogP contribution in [0.1, 0.15) is 48.9 Å². The summed E-state index contributed by atoms with van der Waals surface area (Å²) in [6, 6.07) is 4.94. The van der Waals surface area contributed by atoms with Crippen molar-refractivity contribution >= 4 is 11.3 Å². The Balaban J connectivity index is 2.24. The van der Waals surface area contributed by atoms with Gasteiger partial charge in [-0.3, -0.25) is 0 Å². The van der Waals surface area contributed by atoms with Crippen LogP contribution in [-0.2, 0) is 6.42 Å². The van der Waals surface area contributed by atoms with Crippen LogP contribution in [0.2, 0.25) is 0 Å². The largest absolute Gasteiger partial charge is 0.309 e. The Morgan fingerprint density at radius 2 is 2.25 bits per heavy atom. The van der Waals surface area contributed by atoms with Gasteiger partial charge in [-0.1, -0.05) is 6.92 Å². The fraction of sp³-hybridized carbons (Fsp3) is 0.571. The number of rotatable bonds is 7. The molecule has 1 atom stereocenters. The molecule has 88 valence electrons. The molecule has 0 radical (unpaired) electrons. The highest BCUT2D eigenvalue weighted by Crippen LogP contribution is 2.23. The van der Waals surface area contributed by atoms with Crippen molar-refractivity contribution < 1.29 is 0 Å². The van der Waals surface area contributed by atoms with E-state index < -0.39 is 0 Å². The van der Waals surface area contributed by atoms with Gasteiger partial charge in [-0.2, -0.15) is 0 Å². The second-order valence-corrected chi connectivity index (χ2v) is 5.19. The lowest BCUT2D eigenvalue weighted by atomic mass is 10.2. The van der Waals surface area contributed by atoms with Crippen LogP contribution in [0.25, 0.3) is 0 Å². The summed E-state index contributed by atoms with van der Waals surface area (Å²) < 4.78 is 0. The van der Waals surface area contributed by atoms with Gasteiger partial charge < -0.3 is 5.32 Å². The predicted octanol–water partition coefficient (Wildman–Crippen LogP) is 3.76. The van der Waals surface area contributed by atoms with E-state index in [0.717, 1.165) is 25.8 Å². The minimum absolute atomic E-state index is 0.469. The van der Waals surface area contributed by atoms with Crippen molar-refractivity contribution in [2.24, 2.45) is 0 Å². The van der Waals surface area contributed by atoms with E-state index in [1.165, 1.54) is 16.2 Å². The third kappa shape index (κ3) is 4.38. The monoisotopic (exact) mass is 235 g/mol. The Kier molecular flexibility index (Phi) is 6.22. The van der Waals surface area contributed by atoms with E-state index >= 15 is 0 Å². The second kappa shape index (κ2) is 7.49. The summed E-state index contributed by atoms with van der Waals surface area (Å²) in [6.07, 6.45) is 9.54. The first-order valence-corrected chi connectivity index (χ1v) is 6.85. The van der Waals surface area contributed by atoms with Gasteiger partial charge in [-0.05, 0) is 44.9 Å². The van der Waals surface area contributed by atoms with Gasteiger partial charge in [0.2, 0.25) is 0 Å². The summed E-state index contributed by atoms with van der Waals surface area (Å²) in [5.41, 5.74) is 0. The maximum Gasteiger partial charge on any atom is 0.0386 e. The molecule has 0 aromatic carbocycles. The van der Waals surface area contributed by atoms with E-state index in [1.54, 1.807) is 0 Å². The molecule has 2 heteroatoms. The molecule has 1 unspecified atom stereocenters. The second-order valence-electron chi connectivity index (χ2n) is 3.99. The van der Waals surface area contributed by atoms with Crippen molar-refractivity contribution in [3.8, 4) is 12.3 Å². The highest BCUT2D eigenvalue weighted by Gasteiger charge is 2.06. The first-order chi connectivity index (χ1) is 7.77. The molecule has 0 aliphatic rings. The number of terminal acetylenes is 1. The molecular formula is C14H21NS. The van der Waals surface area contributed by atoms with E-state index in [0.29, 0.717) is 6.04 Å². The van der Waals surface area contributed by atoms with Crippen molar-refractivity contribution in [1.82, 2.24) is 5.32 Å². The molecule has 0 saturated carbocycles. The molecule has 1 nitrogen and oxygen atoms in total. The zero-order chi connectivity index (χ0) is 11.8. The Bertz CT molecular complexity index is 335. The van der Waals surface area contributed by atoms with E-state index in [1.807, 2.05) is 11.3 Å². The van der Waals surface area contributed by atoms with Crippen LogP contribution < -0.4 is 5.32 Å². The lowest BCUT2D eigenvalue weighted by Crippen LogP contribution is -2.18. The maximum atomic E-state index is 5.21. The number of aryl methyl sites for hydroxylation is 1. The Morgan fingerprint density at radius 1 is 1.44 bits per heavy atom. The molecule has 0 aliphatic carbocycles. The lowest BCUT2D eigenvalue weighted by Gasteiger charge is -2.11. The van der Waals surface area contributed by atoms with Crippen molar-refractivity contribution in [2.75, 3.05) is 6.54 Å². The van der Waals surface area contributed by atoms with Gasteiger partial charge in [0.05, 0.1) is 0 Å². The van der Waals surface area contributed by atoms with Crippen LogP contribution in [0.15, 0.2) is 12.1 Å². The maximum absolute atomic E-state index is 5.21. The van der Waals surface area contributed by atoms with Crippen LogP contribution in [0, 0.1) is 12.3 Å². The minimum atomic E-state index is 0.469. The fourth-order valence-corrected chi connectivity index (χ4v) is 2.57. The van der Waals surface area contributed by atoms with Gasteiger partial charge in [0.15, 0.2) is 0 Å². The molecule has 0 spiro atoms. The normalized spacial score (nSPS) is 12.3. The van der Waals surface area contributed by atoms with E-state index in [2.05, 4.69) is 37.2 Å². The quantitative estimate of drug-likeness (QED) is 0.560. The average molecular weight is 235 g/mol. The number of hydrogen-bond acceptors (Lipinski definition) is 2. The number of thiophene rings is 1. The molecule has 0 aliphatic heterocycles. The van der Waals surface area contributed by atoms with Crippen LogP contribution in [-0.4, -0.2) is 6.54 Å². The minimum Gasteiger partial charge on any atom is -0.309 e.